The normalized spacial score (nSPS) is 26.8. The van der Waals surface area contributed by atoms with Gasteiger partial charge in [0.25, 0.3) is 0 Å². The largest absolute Gasteiger partial charge is 0.246 e. The predicted octanol–water partition coefficient (Wildman–Crippen LogP) is 2.50. The molecule has 1 aliphatic carbocycles. The second-order valence-corrected chi connectivity index (χ2v) is 2.72. The molecule has 1 saturated carbocycles. The first-order valence-electron chi connectivity index (χ1n) is 3.65. The molecule has 0 N–H and O–H groups in total. The SMILES string of the molecule is C1CCC([C]2N=NN=N2)C1. The van der Waals surface area contributed by atoms with E-state index in [1.165, 1.54) is 25.7 Å². The molecule has 0 aromatic rings. The second kappa shape index (κ2) is 2.44. The molecule has 4 heteroatoms. The van der Waals surface area contributed by atoms with Gasteiger partial charge in [-0.1, -0.05) is 12.8 Å². The van der Waals surface area contributed by atoms with Crippen LogP contribution >= 0.6 is 0 Å². The predicted molar refractivity (Wildman–Crippen MR) is 34.9 cm³/mol. The Balaban J connectivity index is 1.98. The first kappa shape index (κ1) is 5.95. The van der Waals surface area contributed by atoms with Crippen molar-refractivity contribution in [2.75, 3.05) is 0 Å². The highest BCUT2D eigenvalue weighted by molar-refractivity contribution is 4.93. The van der Waals surface area contributed by atoms with Gasteiger partial charge in [-0.3, -0.25) is 0 Å². The lowest BCUT2D eigenvalue weighted by Crippen LogP contribution is -2.00. The van der Waals surface area contributed by atoms with E-state index in [1.54, 1.807) is 0 Å². The Morgan fingerprint density at radius 2 is 1.60 bits per heavy atom. The fourth-order valence-electron chi connectivity index (χ4n) is 1.50. The lowest BCUT2D eigenvalue weighted by atomic mass is 10.1. The Labute approximate surface area is 59.4 Å². The van der Waals surface area contributed by atoms with Crippen LogP contribution in [0.25, 0.3) is 0 Å². The van der Waals surface area contributed by atoms with Crippen molar-refractivity contribution in [3.8, 4) is 0 Å². The average molecular weight is 137 g/mol. The monoisotopic (exact) mass is 137 g/mol. The van der Waals surface area contributed by atoms with E-state index in [-0.39, 0.29) is 0 Å². The van der Waals surface area contributed by atoms with Gasteiger partial charge in [-0.2, -0.15) is 0 Å². The summed E-state index contributed by atoms with van der Waals surface area (Å²) in [6.45, 7) is 0. The Kier molecular flexibility index (Phi) is 1.45. The highest BCUT2D eigenvalue weighted by atomic mass is 15.6. The Morgan fingerprint density at radius 3 is 2.20 bits per heavy atom. The van der Waals surface area contributed by atoms with Gasteiger partial charge in [-0.15, -0.1) is 10.2 Å². The third-order valence-corrected chi connectivity index (χ3v) is 2.05. The molecule has 0 aromatic carbocycles. The van der Waals surface area contributed by atoms with Gasteiger partial charge in [0.1, 0.15) is 0 Å². The molecule has 2 rings (SSSR count). The molecule has 1 fully saturated rings. The summed E-state index contributed by atoms with van der Waals surface area (Å²) in [5.74, 6) is 0.551. The number of hydrogen-bond donors (Lipinski definition) is 0. The smallest absolute Gasteiger partial charge is 0.129 e. The summed E-state index contributed by atoms with van der Waals surface area (Å²) >= 11 is 0. The zero-order valence-electron chi connectivity index (χ0n) is 5.69. The van der Waals surface area contributed by atoms with Crippen molar-refractivity contribution in [2.24, 2.45) is 26.6 Å². The molecular formula is C6H9N4. The van der Waals surface area contributed by atoms with Crippen LogP contribution in [0, 0.1) is 12.1 Å². The molecule has 0 bridgehead atoms. The van der Waals surface area contributed by atoms with Crippen molar-refractivity contribution >= 4 is 0 Å². The number of nitrogens with zero attached hydrogens (tertiary/aromatic N) is 4. The maximum atomic E-state index is 3.83. The quantitative estimate of drug-likeness (QED) is 0.533. The van der Waals surface area contributed by atoms with E-state index in [2.05, 4.69) is 20.7 Å². The topological polar surface area (TPSA) is 49.4 Å². The molecule has 0 spiro atoms. The van der Waals surface area contributed by atoms with Crippen LogP contribution in [-0.4, -0.2) is 0 Å². The fraction of sp³-hybridized carbons (Fsp3) is 0.833. The van der Waals surface area contributed by atoms with E-state index in [0.29, 0.717) is 5.92 Å². The van der Waals surface area contributed by atoms with Gasteiger partial charge in [0.05, 0.1) is 0 Å². The van der Waals surface area contributed by atoms with Crippen molar-refractivity contribution in [3.05, 3.63) is 6.17 Å². The van der Waals surface area contributed by atoms with Crippen molar-refractivity contribution in [2.45, 2.75) is 25.7 Å². The highest BCUT2D eigenvalue weighted by Crippen LogP contribution is 2.36. The number of hydrogen-bond acceptors (Lipinski definition) is 4. The maximum absolute atomic E-state index is 3.83. The Hall–Kier alpha value is -0.800. The molecular weight excluding hydrogens is 128 g/mol. The molecule has 4 nitrogen and oxygen atoms in total. The van der Waals surface area contributed by atoms with Crippen LogP contribution in [0.3, 0.4) is 0 Å². The van der Waals surface area contributed by atoms with E-state index in [1.807, 2.05) is 0 Å². The van der Waals surface area contributed by atoms with Crippen molar-refractivity contribution in [3.63, 3.8) is 0 Å². The standard InChI is InChI=1S/C6H9N4/c1-2-4-5(3-1)6-7-9-10-8-6/h5H,1-4H2. The zero-order valence-corrected chi connectivity index (χ0v) is 5.69. The molecule has 0 amide bonds. The molecule has 53 valence electrons. The molecule has 0 saturated heterocycles. The summed E-state index contributed by atoms with van der Waals surface area (Å²) in [6, 6.07) is 0. The second-order valence-electron chi connectivity index (χ2n) is 2.72. The van der Waals surface area contributed by atoms with Crippen LogP contribution in [0.2, 0.25) is 0 Å². The van der Waals surface area contributed by atoms with Crippen LogP contribution in [0.4, 0.5) is 0 Å². The van der Waals surface area contributed by atoms with Gasteiger partial charge in [0, 0.05) is 5.92 Å². The maximum Gasteiger partial charge on any atom is 0.246 e. The lowest BCUT2D eigenvalue weighted by Gasteiger charge is -2.05. The molecule has 1 heterocycles. The summed E-state index contributed by atoms with van der Waals surface area (Å²) in [5.41, 5.74) is 0. The minimum atomic E-state index is 0.551. The van der Waals surface area contributed by atoms with Crippen LogP contribution < -0.4 is 0 Å². The third kappa shape index (κ3) is 0.936. The summed E-state index contributed by atoms with van der Waals surface area (Å²) in [4.78, 5) is 0. The lowest BCUT2D eigenvalue weighted by molar-refractivity contribution is 0.546. The minimum absolute atomic E-state index is 0.551. The fourth-order valence-corrected chi connectivity index (χ4v) is 1.50. The van der Waals surface area contributed by atoms with Crippen LogP contribution in [-0.2, 0) is 0 Å². The van der Waals surface area contributed by atoms with Gasteiger partial charge in [-0.25, -0.2) is 0 Å². The van der Waals surface area contributed by atoms with Gasteiger partial charge in [0.15, 0.2) is 0 Å². The van der Waals surface area contributed by atoms with Crippen molar-refractivity contribution in [1.82, 2.24) is 0 Å². The summed E-state index contributed by atoms with van der Waals surface area (Å²) in [6.07, 6.45) is 5.89. The summed E-state index contributed by atoms with van der Waals surface area (Å²) in [7, 11) is 0. The minimum Gasteiger partial charge on any atom is -0.129 e. The summed E-state index contributed by atoms with van der Waals surface area (Å²) in [5, 5.41) is 14.6. The van der Waals surface area contributed by atoms with Crippen molar-refractivity contribution in [1.29, 1.82) is 0 Å². The van der Waals surface area contributed by atoms with Gasteiger partial charge in [-0.05, 0) is 23.3 Å². The first-order chi connectivity index (χ1) is 4.97. The van der Waals surface area contributed by atoms with Gasteiger partial charge >= 0.3 is 0 Å². The molecule has 0 atom stereocenters. The Morgan fingerprint density at radius 1 is 1.00 bits per heavy atom. The van der Waals surface area contributed by atoms with Crippen LogP contribution in [0.15, 0.2) is 20.7 Å². The molecule has 1 radical (unpaired) electrons. The van der Waals surface area contributed by atoms with E-state index in [9.17, 15) is 0 Å². The highest BCUT2D eigenvalue weighted by Gasteiger charge is 2.27. The average Bonchev–Trinajstić information content (AvgIpc) is 2.59. The molecule has 0 unspecified atom stereocenters. The molecule has 2 aliphatic rings. The number of rotatable bonds is 1. The van der Waals surface area contributed by atoms with Crippen LogP contribution in [0.1, 0.15) is 25.7 Å². The van der Waals surface area contributed by atoms with E-state index in [0.717, 1.165) is 6.17 Å². The van der Waals surface area contributed by atoms with Crippen molar-refractivity contribution < 1.29 is 0 Å². The Bertz CT molecular complexity index is 157. The zero-order chi connectivity index (χ0) is 6.81. The van der Waals surface area contributed by atoms with Crippen LogP contribution in [0.5, 0.6) is 0 Å². The van der Waals surface area contributed by atoms with Gasteiger partial charge in [0.2, 0.25) is 6.17 Å². The first-order valence-corrected chi connectivity index (χ1v) is 3.65. The third-order valence-electron chi connectivity index (χ3n) is 2.05. The van der Waals surface area contributed by atoms with E-state index < -0.39 is 0 Å². The molecule has 0 aromatic heterocycles. The van der Waals surface area contributed by atoms with Gasteiger partial charge < -0.3 is 0 Å². The summed E-state index contributed by atoms with van der Waals surface area (Å²) < 4.78 is 0. The van der Waals surface area contributed by atoms with E-state index >= 15 is 0 Å². The molecule has 1 aliphatic heterocycles. The van der Waals surface area contributed by atoms with E-state index in [4.69, 9.17) is 0 Å². The molecule has 10 heavy (non-hydrogen) atoms.